The number of sulfone groups is 1. The van der Waals surface area contributed by atoms with Crippen molar-refractivity contribution in [3.8, 4) is 0 Å². The Morgan fingerprint density at radius 3 is 2.35 bits per heavy atom. The van der Waals surface area contributed by atoms with Gasteiger partial charge in [-0.3, -0.25) is 4.90 Å². The van der Waals surface area contributed by atoms with Gasteiger partial charge in [0.2, 0.25) is 0 Å². The minimum absolute atomic E-state index is 0.288. The minimum Gasteiger partial charge on any atom is -0.387 e. The summed E-state index contributed by atoms with van der Waals surface area (Å²) in [6, 6.07) is 6.51. The third-order valence-electron chi connectivity index (χ3n) is 3.88. The van der Waals surface area contributed by atoms with Crippen molar-refractivity contribution in [2.24, 2.45) is 5.41 Å². The van der Waals surface area contributed by atoms with E-state index in [0.29, 0.717) is 12.0 Å². The Balaban J connectivity index is 2.01. The molecule has 0 saturated carbocycles. The van der Waals surface area contributed by atoms with Crippen LogP contribution in [0.5, 0.6) is 0 Å². The van der Waals surface area contributed by atoms with E-state index in [4.69, 9.17) is 0 Å². The Labute approximate surface area is 121 Å². The zero-order valence-electron chi connectivity index (χ0n) is 12.3. The van der Waals surface area contributed by atoms with E-state index in [9.17, 15) is 13.5 Å². The Kier molecular flexibility index (Phi) is 4.23. The van der Waals surface area contributed by atoms with Crippen LogP contribution in [0.25, 0.3) is 0 Å². The van der Waals surface area contributed by atoms with Crippen LogP contribution >= 0.6 is 0 Å². The highest BCUT2D eigenvalue weighted by atomic mass is 32.2. The van der Waals surface area contributed by atoms with E-state index in [1.54, 1.807) is 24.3 Å². The first-order valence-electron chi connectivity index (χ1n) is 6.88. The zero-order valence-corrected chi connectivity index (χ0v) is 13.2. The molecule has 0 radical (unpaired) electrons. The average molecular weight is 297 g/mol. The predicted octanol–water partition coefficient (Wildman–Crippen LogP) is 1.86. The molecule has 0 aliphatic carbocycles. The van der Waals surface area contributed by atoms with Gasteiger partial charge in [0.1, 0.15) is 0 Å². The quantitative estimate of drug-likeness (QED) is 0.921. The second-order valence-electron chi connectivity index (χ2n) is 6.51. The van der Waals surface area contributed by atoms with Crippen LogP contribution in [-0.4, -0.2) is 44.3 Å². The molecule has 4 nitrogen and oxygen atoms in total. The monoisotopic (exact) mass is 297 g/mol. The number of nitrogens with zero attached hydrogens (tertiary/aromatic N) is 1. The van der Waals surface area contributed by atoms with Gasteiger partial charge in [-0.05, 0) is 36.1 Å². The van der Waals surface area contributed by atoms with Crippen LogP contribution in [0, 0.1) is 5.41 Å². The molecule has 112 valence electrons. The average Bonchev–Trinajstić information content (AvgIpc) is 2.67. The van der Waals surface area contributed by atoms with Crippen molar-refractivity contribution in [3.63, 3.8) is 0 Å². The smallest absolute Gasteiger partial charge is 0.175 e. The van der Waals surface area contributed by atoms with E-state index < -0.39 is 15.9 Å². The fourth-order valence-electron chi connectivity index (χ4n) is 2.67. The van der Waals surface area contributed by atoms with E-state index in [-0.39, 0.29) is 4.90 Å². The summed E-state index contributed by atoms with van der Waals surface area (Å²) in [5, 5.41) is 10.3. The van der Waals surface area contributed by atoms with Crippen molar-refractivity contribution >= 4 is 9.84 Å². The molecule has 1 N–H and O–H groups in total. The second kappa shape index (κ2) is 5.47. The molecule has 1 atom stereocenters. The molecule has 1 aliphatic heterocycles. The predicted molar refractivity (Wildman–Crippen MR) is 79.3 cm³/mol. The van der Waals surface area contributed by atoms with Crippen LogP contribution < -0.4 is 0 Å². The van der Waals surface area contributed by atoms with Crippen molar-refractivity contribution in [3.05, 3.63) is 29.8 Å². The van der Waals surface area contributed by atoms with Crippen molar-refractivity contribution in [1.29, 1.82) is 0 Å². The fourth-order valence-corrected chi connectivity index (χ4v) is 3.30. The maximum atomic E-state index is 11.4. The topological polar surface area (TPSA) is 57.6 Å². The van der Waals surface area contributed by atoms with Crippen LogP contribution in [0.1, 0.15) is 31.9 Å². The SMILES string of the molecule is CC1(C)CCN(CC(O)c2ccc(S(C)(=O)=O)cc2)C1. The summed E-state index contributed by atoms with van der Waals surface area (Å²) in [5.41, 5.74) is 1.09. The molecule has 1 saturated heterocycles. The van der Waals surface area contributed by atoms with Gasteiger partial charge in [0, 0.05) is 19.3 Å². The van der Waals surface area contributed by atoms with Crippen LogP contribution in [0.2, 0.25) is 0 Å². The van der Waals surface area contributed by atoms with Gasteiger partial charge in [0.05, 0.1) is 11.0 Å². The minimum atomic E-state index is -3.18. The first-order valence-corrected chi connectivity index (χ1v) is 8.77. The number of aliphatic hydroxyl groups is 1. The molecule has 0 bridgehead atoms. The lowest BCUT2D eigenvalue weighted by Crippen LogP contribution is -2.28. The molecular formula is C15H23NO3S. The standard InChI is InChI=1S/C15H23NO3S/c1-15(2)8-9-16(11-15)10-14(17)12-4-6-13(7-5-12)20(3,18)19/h4-7,14,17H,8-11H2,1-3H3. The van der Waals surface area contributed by atoms with Gasteiger partial charge in [-0.25, -0.2) is 8.42 Å². The number of aliphatic hydroxyl groups excluding tert-OH is 1. The molecule has 0 aromatic heterocycles. The van der Waals surface area contributed by atoms with Gasteiger partial charge in [-0.15, -0.1) is 0 Å². The van der Waals surface area contributed by atoms with Crippen LogP contribution in [0.4, 0.5) is 0 Å². The van der Waals surface area contributed by atoms with Crippen molar-refractivity contribution in [2.75, 3.05) is 25.9 Å². The molecular weight excluding hydrogens is 274 g/mol. The van der Waals surface area contributed by atoms with Crippen molar-refractivity contribution < 1.29 is 13.5 Å². The molecule has 0 spiro atoms. The summed E-state index contributed by atoms with van der Waals surface area (Å²) >= 11 is 0. The van der Waals surface area contributed by atoms with E-state index in [2.05, 4.69) is 18.7 Å². The lowest BCUT2D eigenvalue weighted by molar-refractivity contribution is 0.121. The van der Waals surface area contributed by atoms with E-state index in [0.717, 1.165) is 25.1 Å². The number of rotatable bonds is 4. The van der Waals surface area contributed by atoms with Crippen molar-refractivity contribution in [1.82, 2.24) is 4.90 Å². The Morgan fingerprint density at radius 1 is 1.30 bits per heavy atom. The summed E-state index contributed by atoms with van der Waals surface area (Å²) in [4.78, 5) is 2.55. The molecule has 1 aromatic rings. The summed E-state index contributed by atoms with van der Waals surface area (Å²) in [7, 11) is -3.18. The Hall–Kier alpha value is -0.910. The maximum absolute atomic E-state index is 11.4. The van der Waals surface area contributed by atoms with Gasteiger partial charge < -0.3 is 5.11 Å². The maximum Gasteiger partial charge on any atom is 0.175 e. The lowest BCUT2D eigenvalue weighted by Gasteiger charge is -2.22. The lowest BCUT2D eigenvalue weighted by atomic mass is 9.93. The summed E-state index contributed by atoms with van der Waals surface area (Å²) < 4.78 is 22.8. The van der Waals surface area contributed by atoms with Gasteiger partial charge >= 0.3 is 0 Å². The summed E-state index contributed by atoms with van der Waals surface area (Å²) in [6.45, 7) is 7.07. The van der Waals surface area contributed by atoms with Gasteiger partial charge in [-0.2, -0.15) is 0 Å². The summed E-state index contributed by atoms with van der Waals surface area (Å²) in [6.07, 6.45) is 1.76. The molecule has 1 aromatic carbocycles. The van der Waals surface area contributed by atoms with Gasteiger partial charge in [0.15, 0.2) is 9.84 Å². The fraction of sp³-hybridized carbons (Fsp3) is 0.600. The molecule has 1 heterocycles. The highest BCUT2D eigenvalue weighted by Crippen LogP contribution is 2.30. The highest BCUT2D eigenvalue weighted by molar-refractivity contribution is 7.90. The Bertz CT molecular complexity index is 563. The molecule has 0 amide bonds. The van der Waals surface area contributed by atoms with Gasteiger partial charge in [-0.1, -0.05) is 26.0 Å². The highest BCUT2D eigenvalue weighted by Gasteiger charge is 2.30. The van der Waals surface area contributed by atoms with E-state index >= 15 is 0 Å². The van der Waals surface area contributed by atoms with Gasteiger partial charge in [0.25, 0.3) is 0 Å². The molecule has 1 unspecified atom stereocenters. The second-order valence-corrected chi connectivity index (χ2v) is 8.52. The first-order chi connectivity index (χ1) is 9.17. The molecule has 1 aliphatic rings. The number of benzene rings is 1. The molecule has 2 rings (SSSR count). The largest absolute Gasteiger partial charge is 0.387 e. The molecule has 5 heteroatoms. The van der Waals surface area contributed by atoms with Crippen LogP contribution in [0.3, 0.4) is 0 Å². The number of β-amino-alcohol motifs (C(OH)–C–C–N with tert-alkyl or cyclic N) is 1. The normalized spacial score (nSPS) is 21.0. The molecule has 20 heavy (non-hydrogen) atoms. The van der Waals surface area contributed by atoms with E-state index in [1.807, 2.05) is 0 Å². The van der Waals surface area contributed by atoms with Crippen molar-refractivity contribution in [2.45, 2.75) is 31.3 Å². The summed E-state index contributed by atoms with van der Waals surface area (Å²) in [5.74, 6) is 0. The third-order valence-corrected chi connectivity index (χ3v) is 5.01. The zero-order chi connectivity index (χ0) is 15.0. The van der Waals surface area contributed by atoms with Crippen LogP contribution in [0.15, 0.2) is 29.2 Å². The number of likely N-dealkylation sites (tertiary alicyclic amines) is 1. The van der Waals surface area contributed by atoms with Crippen LogP contribution in [-0.2, 0) is 9.84 Å². The first kappa shape index (κ1) is 15.5. The third kappa shape index (κ3) is 3.81. The Morgan fingerprint density at radius 2 is 1.90 bits per heavy atom. The number of hydrogen-bond acceptors (Lipinski definition) is 4. The van der Waals surface area contributed by atoms with E-state index in [1.165, 1.54) is 6.26 Å². The number of hydrogen-bond donors (Lipinski definition) is 1. The molecule has 1 fully saturated rings.